The van der Waals surface area contributed by atoms with Crippen molar-refractivity contribution in [2.75, 3.05) is 0 Å². The number of nitrogens with one attached hydrogen (secondary N) is 2. The molecule has 1 unspecified atom stereocenters. The summed E-state index contributed by atoms with van der Waals surface area (Å²) in [5.41, 5.74) is 2.10. The highest BCUT2D eigenvalue weighted by Crippen LogP contribution is 2.18. The monoisotopic (exact) mass is 296 g/mol. The third kappa shape index (κ3) is 3.39. The zero-order chi connectivity index (χ0) is 15.4. The molecule has 114 valence electrons. The Hall–Kier alpha value is -2.49. The van der Waals surface area contributed by atoms with Crippen LogP contribution in [0.1, 0.15) is 24.7 Å². The van der Waals surface area contributed by atoms with E-state index >= 15 is 0 Å². The first kappa shape index (κ1) is 14.4. The number of aryl methyl sites for hydroxylation is 1. The van der Waals surface area contributed by atoms with Crippen molar-refractivity contribution in [1.82, 2.24) is 10.3 Å². The summed E-state index contributed by atoms with van der Waals surface area (Å²) < 4.78 is 5.31. The van der Waals surface area contributed by atoms with Gasteiger partial charge in [-0.25, -0.2) is 0 Å². The zero-order valence-electron chi connectivity index (χ0n) is 12.6. The first-order valence-corrected chi connectivity index (χ1v) is 7.59. The molecule has 0 aliphatic rings. The van der Waals surface area contributed by atoms with Crippen LogP contribution in [-0.4, -0.2) is 16.9 Å². The molecule has 0 spiro atoms. The lowest BCUT2D eigenvalue weighted by Crippen LogP contribution is -2.33. The van der Waals surface area contributed by atoms with Gasteiger partial charge in [0.05, 0.1) is 12.7 Å². The van der Waals surface area contributed by atoms with Gasteiger partial charge in [-0.05, 0) is 37.1 Å². The maximum absolute atomic E-state index is 12.2. The quantitative estimate of drug-likeness (QED) is 0.732. The number of hydrogen-bond acceptors (Lipinski definition) is 2. The maximum Gasteiger partial charge on any atom is 0.224 e. The Balaban J connectivity index is 1.53. The third-order valence-corrected chi connectivity index (χ3v) is 3.84. The fourth-order valence-electron chi connectivity index (χ4n) is 2.66. The maximum atomic E-state index is 12.2. The van der Waals surface area contributed by atoms with Gasteiger partial charge >= 0.3 is 0 Å². The summed E-state index contributed by atoms with van der Waals surface area (Å²) in [4.78, 5) is 15.4. The second-order valence-corrected chi connectivity index (χ2v) is 5.62. The largest absolute Gasteiger partial charge is 0.469 e. The van der Waals surface area contributed by atoms with Crippen molar-refractivity contribution < 1.29 is 9.21 Å². The standard InChI is InChI=1S/C18H20N2O2/c1-13(8-9-15-5-4-10-22-15)20-18(21)11-14-12-19-17-7-3-2-6-16(14)17/h2-7,10,12-13,19H,8-9,11H2,1H3,(H,20,21). The van der Waals surface area contributed by atoms with Gasteiger partial charge in [-0.3, -0.25) is 4.79 Å². The minimum Gasteiger partial charge on any atom is -0.469 e. The second-order valence-electron chi connectivity index (χ2n) is 5.62. The van der Waals surface area contributed by atoms with Crippen LogP contribution in [0.4, 0.5) is 0 Å². The number of amides is 1. The SMILES string of the molecule is CC(CCc1ccco1)NC(=O)Cc1c[nH]c2ccccc12. The Kier molecular flexibility index (Phi) is 4.28. The number of aromatic amines is 1. The molecule has 0 radical (unpaired) electrons. The number of benzene rings is 1. The Morgan fingerprint density at radius 3 is 2.95 bits per heavy atom. The molecule has 22 heavy (non-hydrogen) atoms. The van der Waals surface area contributed by atoms with Crippen LogP contribution in [0, 0.1) is 0 Å². The molecule has 2 heterocycles. The molecule has 4 heteroatoms. The van der Waals surface area contributed by atoms with Crippen molar-refractivity contribution >= 4 is 16.8 Å². The molecule has 1 amide bonds. The molecule has 2 aromatic heterocycles. The van der Waals surface area contributed by atoms with Crippen LogP contribution in [0.2, 0.25) is 0 Å². The Bertz CT molecular complexity index is 743. The molecule has 0 fully saturated rings. The predicted octanol–water partition coefficient (Wildman–Crippen LogP) is 3.44. The van der Waals surface area contributed by atoms with Gasteiger partial charge in [-0.2, -0.15) is 0 Å². The van der Waals surface area contributed by atoms with Crippen molar-refractivity contribution in [3.05, 3.63) is 60.2 Å². The Morgan fingerprint density at radius 2 is 2.14 bits per heavy atom. The summed E-state index contributed by atoms with van der Waals surface area (Å²) in [6.45, 7) is 2.02. The van der Waals surface area contributed by atoms with Crippen LogP contribution in [0.25, 0.3) is 10.9 Å². The zero-order valence-corrected chi connectivity index (χ0v) is 12.6. The predicted molar refractivity (Wildman–Crippen MR) is 86.6 cm³/mol. The van der Waals surface area contributed by atoms with Crippen molar-refractivity contribution in [3.8, 4) is 0 Å². The average Bonchev–Trinajstić information content (AvgIpc) is 3.15. The molecule has 1 aromatic carbocycles. The van der Waals surface area contributed by atoms with E-state index in [9.17, 15) is 4.79 Å². The number of H-pyrrole nitrogens is 1. The molecule has 0 saturated carbocycles. The van der Waals surface area contributed by atoms with E-state index in [1.165, 1.54) is 0 Å². The minimum atomic E-state index is 0.0525. The highest BCUT2D eigenvalue weighted by atomic mass is 16.3. The van der Waals surface area contributed by atoms with Crippen LogP contribution >= 0.6 is 0 Å². The number of hydrogen-bond donors (Lipinski definition) is 2. The van der Waals surface area contributed by atoms with Crippen LogP contribution in [0.3, 0.4) is 0 Å². The van der Waals surface area contributed by atoms with Crippen LogP contribution in [0.5, 0.6) is 0 Å². The lowest BCUT2D eigenvalue weighted by molar-refractivity contribution is -0.121. The molecule has 0 bridgehead atoms. The van der Waals surface area contributed by atoms with E-state index in [1.807, 2.05) is 49.5 Å². The lowest BCUT2D eigenvalue weighted by Gasteiger charge is -2.13. The van der Waals surface area contributed by atoms with Crippen molar-refractivity contribution in [1.29, 1.82) is 0 Å². The highest BCUT2D eigenvalue weighted by molar-refractivity contribution is 5.88. The molecule has 0 aliphatic heterocycles. The fraction of sp³-hybridized carbons (Fsp3) is 0.278. The van der Waals surface area contributed by atoms with Gasteiger partial charge in [-0.1, -0.05) is 18.2 Å². The number of carbonyl (C=O) groups excluding carboxylic acids is 1. The van der Waals surface area contributed by atoms with Crippen molar-refractivity contribution in [3.63, 3.8) is 0 Å². The highest BCUT2D eigenvalue weighted by Gasteiger charge is 2.11. The van der Waals surface area contributed by atoms with Gasteiger partial charge in [0.25, 0.3) is 0 Å². The smallest absolute Gasteiger partial charge is 0.224 e. The number of para-hydroxylation sites is 1. The second kappa shape index (κ2) is 6.52. The van der Waals surface area contributed by atoms with E-state index in [2.05, 4.69) is 10.3 Å². The van der Waals surface area contributed by atoms with E-state index in [0.717, 1.165) is 35.1 Å². The molecular weight excluding hydrogens is 276 g/mol. The Morgan fingerprint density at radius 1 is 1.27 bits per heavy atom. The van der Waals surface area contributed by atoms with Gasteiger partial charge in [0.15, 0.2) is 0 Å². The first-order chi connectivity index (χ1) is 10.7. The van der Waals surface area contributed by atoms with Gasteiger partial charge in [0.1, 0.15) is 5.76 Å². The lowest BCUT2D eigenvalue weighted by atomic mass is 10.1. The van der Waals surface area contributed by atoms with Gasteiger partial charge in [-0.15, -0.1) is 0 Å². The summed E-state index contributed by atoms with van der Waals surface area (Å²) in [7, 11) is 0. The summed E-state index contributed by atoms with van der Waals surface area (Å²) in [5, 5.41) is 4.16. The van der Waals surface area contributed by atoms with Crippen LogP contribution < -0.4 is 5.32 Å². The summed E-state index contributed by atoms with van der Waals surface area (Å²) in [6, 6.07) is 12.0. The summed E-state index contributed by atoms with van der Waals surface area (Å²) >= 11 is 0. The molecule has 0 saturated heterocycles. The summed E-state index contributed by atoms with van der Waals surface area (Å²) in [6.07, 6.45) is 5.69. The van der Waals surface area contributed by atoms with Gasteiger partial charge < -0.3 is 14.7 Å². The molecule has 4 nitrogen and oxygen atoms in total. The molecule has 2 N–H and O–H groups in total. The number of furan rings is 1. The third-order valence-electron chi connectivity index (χ3n) is 3.84. The van der Waals surface area contributed by atoms with Crippen molar-refractivity contribution in [2.45, 2.75) is 32.2 Å². The molecule has 0 aliphatic carbocycles. The summed E-state index contributed by atoms with van der Waals surface area (Å²) in [5.74, 6) is 1.01. The normalized spacial score (nSPS) is 12.4. The molecule has 3 aromatic rings. The van der Waals surface area contributed by atoms with Gasteiger partial charge in [0, 0.05) is 29.6 Å². The number of fused-ring (bicyclic) bond motifs is 1. The fourth-order valence-corrected chi connectivity index (χ4v) is 2.66. The molecule has 1 atom stereocenters. The molecule has 3 rings (SSSR count). The minimum absolute atomic E-state index is 0.0525. The van der Waals surface area contributed by atoms with Crippen LogP contribution in [0.15, 0.2) is 53.3 Å². The van der Waals surface area contributed by atoms with E-state index in [-0.39, 0.29) is 11.9 Å². The number of aromatic nitrogens is 1. The topological polar surface area (TPSA) is 58.0 Å². The average molecular weight is 296 g/mol. The Labute approximate surface area is 129 Å². The van der Waals surface area contributed by atoms with E-state index in [1.54, 1.807) is 6.26 Å². The van der Waals surface area contributed by atoms with Crippen LogP contribution in [-0.2, 0) is 17.6 Å². The van der Waals surface area contributed by atoms with Crippen molar-refractivity contribution in [2.24, 2.45) is 0 Å². The van der Waals surface area contributed by atoms with E-state index < -0.39 is 0 Å². The van der Waals surface area contributed by atoms with E-state index in [4.69, 9.17) is 4.42 Å². The van der Waals surface area contributed by atoms with Gasteiger partial charge in [0.2, 0.25) is 5.91 Å². The van der Waals surface area contributed by atoms with E-state index in [0.29, 0.717) is 6.42 Å². The number of rotatable bonds is 6. The molecular formula is C18H20N2O2. The number of carbonyl (C=O) groups is 1. The first-order valence-electron chi connectivity index (χ1n) is 7.59.